The van der Waals surface area contributed by atoms with Crippen molar-refractivity contribution in [1.29, 1.82) is 0 Å². The van der Waals surface area contributed by atoms with Gasteiger partial charge in [0.1, 0.15) is 19.8 Å². The number of quaternary nitrogens is 1. The van der Waals surface area contributed by atoms with Gasteiger partial charge < -0.3 is 18.9 Å². The van der Waals surface area contributed by atoms with E-state index in [9.17, 15) is 19.0 Å². The zero-order valence-electron chi connectivity index (χ0n) is 61.8. The Balaban J connectivity index is 3.92. The molecule has 0 aromatic heterocycles. The van der Waals surface area contributed by atoms with Crippen LogP contribution >= 0.6 is 7.82 Å². The molecule has 0 aromatic carbocycles. The highest BCUT2D eigenvalue weighted by molar-refractivity contribution is 7.47. The minimum Gasteiger partial charge on any atom is -0.462 e. The quantitative estimate of drug-likeness (QED) is 0.0211. The fraction of sp³-hybridized carbons (Fsp3) is 0.854. The van der Waals surface area contributed by atoms with Crippen LogP contribution in [0.4, 0.5) is 0 Å². The van der Waals surface area contributed by atoms with Crippen LogP contribution < -0.4 is 0 Å². The molecule has 0 saturated carbocycles. The normalized spacial score (nSPS) is 13.3. The smallest absolute Gasteiger partial charge is 0.462 e. The number of unbranched alkanes of at least 4 members (excludes halogenated alkanes) is 51. The Labute approximate surface area is 572 Å². The second-order valence-corrected chi connectivity index (χ2v) is 29.9. The summed E-state index contributed by atoms with van der Waals surface area (Å²) < 4.78 is 34.8. The van der Waals surface area contributed by atoms with Crippen molar-refractivity contribution in [2.45, 2.75) is 405 Å². The molecule has 9 nitrogen and oxygen atoms in total. The van der Waals surface area contributed by atoms with E-state index < -0.39 is 26.5 Å². The van der Waals surface area contributed by atoms with Crippen molar-refractivity contribution in [2.24, 2.45) is 0 Å². The first-order valence-corrected chi connectivity index (χ1v) is 41.5. The lowest BCUT2D eigenvalue weighted by molar-refractivity contribution is -0.870. The van der Waals surface area contributed by atoms with Crippen LogP contribution in [0.1, 0.15) is 399 Å². The van der Waals surface area contributed by atoms with Crippen molar-refractivity contribution in [3.63, 3.8) is 0 Å². The van der Waals surface area contributed by atoms with Gasteiger partial charge in [-0.05, 0) is 57.8 Å². The molecule has 10 heteroatoms. The van der Waals surface area contributed by atoms with Gasteiger partial charge in [-0.25, -0.2) is 4.57 Å². The van der Waals surface area contributed by atoms with Crippen LogP contribution in [0.3, 0.4) is 0 Å². The van der Waals surface area contributed by atoms with Crippen molar-refractivity contribution >= 4 is 19.8 Å². The molecule has 0 amide bonds. The van der Waals surface area contributed by atoms with E-state index in [1.807, 2.05) is 21.1 Å². The van der Waals surface area contributed by atoms with Crippen molar-refractivity contribution in [3.05, 3.63) is 60.8 Å². The van der Waals surface area contributed by atoms with Gasteiger partial charge in [0.25, 0.3) is 0 Å². The number of rotatable bonds is 75. The van der Waals surface area contributed by atoms with E-state index in [-0.39, 0.29) is 25.6 Å². The number of hydrogen-bond donors (Lipinski definition) is 1. The van der Waals surface area contributed by atoms with Gasteiger partial charge in [0.2, 0.25) is 0 Å². The lowest BCUT2D eigenvalue weighted by atomic mass is 10.0. The Morgan fingerprint density at radius 2 is 0.620 bits per heavy atom. The molecule has 92 heavy (non-hydrogen) atoms. The van der Waals surface area contributed by atoms with Gasteiger partial charge >= 0.3 is 19.8 Å². The third kappa shape index (κ3) is 76.7. The van der Waals surface area contributed by atoms with Crippen molar-refractivity contribution in [1.82, 2.24) is 0 Å². The minimum atomic E-state index is -4.39. The van der Waals surface area contributed by atoms with Crippen molar-refractivity contribution in [3.8, 4) is 0 Å². The molecule has 0 saturated heterocycles. The van der Waals surface area contributed by atoms with Gasteiger partial charge in [0, 0.05) is 12.8 Å². The van der Waals surface area contributed by atoms with E-state index in [1.165, 1.54) is 302 Å². The highest BCUT2D eigenvalue weighted by atomic mass is 31.2. The van der Waals surface area contributed by atoms with Gasteiger partial charge in [-0.15, -0.1) is 0 Å². The molecule has 2 atom stereocenters. The molecular formula is C82H155NO8P+. The summed E-state index contributed by atoms with van der Waals surface area (Å²) in [5, 5.41) is 0. The van der Waals surface area contributed by atoms with Crippen LogP contribution in [0.15, 0.2) is 60.8 Å². The molecule has 2 unspecified atom stereocenters. The summed E-state index contributed by atoms with van der Waals surface area (Å²) >= 11 is 0. The number of nitrogens with zero attached hydrogens (tertiary/aromatic N) is 1. The summed E-state index contributed by atoms with van der Waals surface area (Å²) in [6, 6.07) is 0. The number of hydrogen-bond acceptors (Lipinski definition) is 7. The molecule has 0 fully saturated rings. The number of carbonyl (C=O) groups is 2. The van der Waals surface area contributed by atoms with Gasteiger partial charge in [-0.2, -0.15) is 0 Å². The fourth-order valence-corrected chi connectivity index (χ4v) is 12.7. The van der Waals surface area contributed by atoms with Gasteiger partial charge in [-0.1, -0.05) is 389 Å². The summed E-state index contributed by atoms with van der Waals surface area (Å²) in [6.07, 6.45) is 98.0. The maximum atomic E-state index is 12.9. The zero-order valence-corrected chi connectivity index (χ0v) is 62.7. The number of phosphoric acid groups is 1. The first kappa shape index (κ1) is 89.7. The summed E-state index contributed by atoms with van der Waals surface area (Å²) in [7, 11) is 1.50. The molecule has 0 aliphatic rings. The Morgan fingerprint density at radius 3 is 0.924 bits per heavy atom. The second-order valence-electron chi connectivity index (χ2n) is 28.4. The standard InChI is InChI=1S/C82H154NO8P/c1-6-8-10-12-14-16-18-20-22-24-26-28-30-32-34-36-38-40-41-43-45-47-49-51-53-55-57-59-61-63-65-67-69-71-73-75-82(85)91-80(79-90-92(86,87)89-77-76-83(3,4)5)78-88-81(84)74-72-70-68-66-64-62-60-58-56-54-52-50-48-46-44-42-39-37-35-33-31-29-27-25-23-21-19-17-15-13-11-9-7-2/h8,10,14,16,20,22,26,28,32,34,80H,6-7,9,11-13,15,17-19,21,23-25,27,29-31,33,35-79H2,1-5H3/p+1/b10-8-,16-14-,22-20-,28-26-,34-32-. The number of ether oxygens (including phenoxy) is 2. The zero-order chi connectivity index (χ0) is 66.9. The first-order valence-electron chi connectivity index (χ1n) is 40.0. The maximum absolute atomic E-state index is 12.9. The van der Waals surface area contributed by atoms with E-state index in [4.69, 9.17) is 18.5 Å². The summed E-state index contributed by atoms with van der Waals surface area (Å²) in [5.41, 5.74) is 0. The Kier molecular flexibility index (Phi) is 71.2. The molecule has 1 N–H and O–H groups in total. The maximum Gasteiger partial charge on any atom is 0.472 e. The predicted molar refractivity (Wildman–Crippen MR) is 400 cm³/mol. The van der Waals surface area contributed by atoms with Crippen LogP contribution in [-0.4, -0.2) is 74.9 Å². The summed E-state index contributed by atoms with van der Waals surface area (Å²) in [6.45, 7) is 4.40. The van der Waals surface area contributed by atoms with Crippen LogP contribution in [0.25, 0.3) is 0 Å². The predicted octanol–water partition coefficient (Wildman–Crippen LogP) is 26.5. The molecule has 0 aliphatic carbocycles. The number of carbonyl (C=O) groups excluding carboxylic acids is 2. The van der Waals surface area contributed by atoms with E-state index >= 15 is 0 Å². The van der Waals surface area contributed by atoms with Crippen LogP contribution in [0, 0.1) is 0 Å². The largest absolute Gasteiger partial charge is 0.472 e. The van der Waals surface area contributed by atoms with Gasteiger partial charge in [-0.3, -0.25) is 18.6 Å². The Morgan fingerprint density at radius 1 is 0.348 bits per heavy atom. The Bertz CT molecular complexity index is 1740. The Hall–Kier alpha value is -2.29. The SMILES string of the molecule is CC/C=C\C/C=C\C/C=C\C/C=C\C/C=C\CCCCCCCCCCCCCCCCCCCCCC(=O)OC(COC(=O)CCCCCCCCCCCCCCCCCCCCCCCCCCCCCCCCCCC)COP(=O)(O)OCC[N+](C)(C)C. The first-order chi connectivity index (χ1) is 45.0. The van der Waals surface area contributed by atoms with Crippen LogP contribution in [0.5, 0.6) is 0 Å². The molecule has 540 valence electrons. The summed E-state index contributed by atoms with van der Waals surface area (Å²) in [5.74, 6) is -0.774. The molecular weight excluding hydrogens is 1160 g/mol. The molecule has 0 heterocycles. The van der Waals surface area contributed by atoms with E-state index in [1.54, 1.807) is 0 Å². The lowest BCUT2D eigenvalue weighted by Gasteiger charge is -2.24. The molecule has 0 aromatic rings. The molecule has 0 radical (unpaired) electrons. The highest BCUT2D eigenvalue weighted by Gasteiger charge is 2.27. The molecule has 0 rings (SSSR count). The van der Waals surface area contributed by atoms with Gasteiger partial charge in [0.05, 0.1) is 27.7 Å². The van der Waals surface area contributed by atoms with Crippen molar-refractivity contribution < 1.29 is 42.1 Å². The van der Waals surface area contributed by atoms with E-state index in [0.717, 1.165) is 64.2 Å². The monoisotopic (exact) mass is 1310 g/mol. The van der Waals surface area contributed by atoms with Crippen LogP contribution in [-0.2, 0) is 32.7 Å². The van der Waals surface area contributed by atoms with E-state index in [2.05, 4.69) is 74.6 Å². The molecule has 0 spiro atoms. The number of likely N-dealkylation sites (N-methyl/N-ethyl adjacent to an activating group) is 1. The van der Waals surface area contributed by atoms with Gasteiger partial charge in [0.15, 0.2) is 6.10 Å². The average Bonchev–Trinajstić information content (AvgIpc) is 2.14. The summed E-state index contributed by atoms with van der Waals surface area (Å²) in [4.78, 5) is 36.0. The average molecular weight is 1310 g/mol. The topological polar surface area (TPSA) is 108 Å². The highest BCUT2D eigenvalue weighted by Crippen LogP contribution is 2.43. The molecule has 0 aliphatic heterocycles. The molecule has 0 bridgehead atoms. The third-order valence-electron chi connectivity index (χ3n) is 18.1. The second kappa shape index (κ2) is 73.0. The number of allylic oxidation sites excluding steroid dienone is 10. The number of esters is 2. The number of phosphoric ester groups is 1. The lowest BCUT2D eigenvalue weighted by Crippen LogP contribution is -2.37. The van der Waals surface area contributed by atoms with E-state index in [0.29, 0.717) is 23.9 Å². The fourth-order valence-electron chi connectivity index (χ4n) is 12.0. The van der Waals surface area contributed by atoms with Crippen molar-refractivity contribution in [2.75, 3.05) is 47.5 Å². The van der Waals surface area contributed by atoms with Crippen LogP contribution in [0.2, 0.25) is 0 Å². The third-order valence-corrected chi connectivity index (χ3v) is 19.0. The minimum absolute atomic E-state index is 0.0340.